The predicted octanol–water partition coefficient (Wildman–Crippen LogP) is 0.229. The topological polar surface area (TPSA) is 18.5 Å². The van der Waals surface area contributed by atoms with E-state index in [0.29, 0.717) is 25.6 Å². The van der Waals surface area contributed by atoms with Crippen molar-refractivity contribution in [1.82, 2.24) is 0 Å². The Kier molecular flexibility index (Phi) is 10.2. The molecule has 0 N–H and O–H groups in total. The lowest BCUT2D eigenvalue weighted by atomic mass is 10.7. The average Bonchev–Trinajstić information content (AvgIpc) is 1.97. The molecule has 0 aromatic carbocycles. The zero-order chi connectivity index (χ0) is 7.66. The van der Waals surface area contributed by atoms with E-state index in [1.54, 1.807) is 0 Å². The fraction of sp³-hybridized carbons (Fsp3) is 1.00. The summed E-state index contributed by atoms with van der Waals surface area (Å²) >= 11 is 7.97. The maximum Gasteiger partial charge on any atom is 0.126 e. The van der Waals surface area contributed by atoms with Gasteiger partial charge in [-0.25, -0.2) is 0 Å². The van der Waals surface area contributed by atoms with Gasteiger partial charge in [-0.15, -0.1) is 0 Å². The van der Waals surface area contributed by atoms with Gasteiger partial charge in [-0.05, 0) is 12.6 Å². The molecule has 0 saturated heterocycles. The van der Waals surface area contributed by atoms with Crippen molar-refractivity contribution < 1.29 is 9.47 Å². The molecule has 1 radical (unpaired) electrons. The average molecular weight is 182 g/mol. The summed E-state index contributed by atoms with van der Waals surface area (Å²) in [6, 6.07) is 0. The molecule has 0 aliphatic carbocycles. The molecule has 0 fully saturated rings. The molecule has 0 unspecified atom stereocenters. The van der Waals surface area contributed by atoms with Gasteiger partial charge in [0, 0.05) is 5.75 Å². The Hall–Kier alpha value is 0.620. The fourth-order valence-electron chi connectivity index (χ4n) is 0.453. The molecule has 4 heteroatoms. The standard InChI is InChI=1S/C6H13O2S2/c9-5-3-7-1-2-8-4-6-10/h9H,1-6H2/p+1. The summed E-state index contributed by atoms with van der Waals surface area (Å²) in [5, 5.41) is 0. The Morgan fingerprint density at radius 2 is 1.60 bits per heavy atom. The summed E-state index contributed by atoms with van der Waals surface area (Å²) < 4.78 is 10.2. The van der Waals surface area contributed by atoms with Crippen molar-refractivity contribution in [2.75, 3.05) is 37.9 Å². The molecule has 61 valence electrons. The Labute approximate surface area is 73.1 Å². The minimum absolute atomic E-state index is 0.656. The first kappa shape index (κ1) is 10.6. The van der Waals surface area contributed by atoms with Crippen LogP contribution in [0.3, 0.4) is 0 Å². The molecule has 0 aromatic heterocycles. The summed E-state index contributed by atoms with van der Waals surface area (Å²) in [5.74, 6) is 1.54. The lowest BCUT2D eigenvalue weighted by Crippen LogP contribution is -2.07. The molecule has 0 bridgehead atoms. The second-order valence-electron chi connectivity index (χ2n) is 1.68. The van der Waals surface area contributed by atoms with Gasteiger partial charge in [0.15, 0.2) is 0 Å². The highest BCUT2D eigenvalue weighted by Crippen LogP contribution is 1.80. The van der Waals surface area contributed by atoms with Crippen LogP contribution in [-0.4, -0.2) is 37.9 Å². The lowest BCUT2D eigenvalue weighted by molar-refractivity contribution is 0.0606. The van der Waals surface area contributed by atoms with E-state index in [1.165, 1.54) is 0 Å². The smallest absolute Gasteiger partial charge is 0.126 e. The Morgan fingerprint density at radius 3 is 2.10 bits per heavy atom. The van der Waals surface area contributed by atoms with Crippen LogP contribution in [0.4, 0.5) is 0 Å². The van der Waals surface area contributed by atoms with Crippen molar-refractivity contribution >= 4 is 25.3 Å². The maximum atomic E-state index is 5.12. The van der Waals surface area contributed by atoms with Gasteiger partial charge < -0.3 is 9.47 Å². The SMILES string of the molecule is [S]CCOCCOCC[SH2+]. The van der Waals surface area contributed by atoms with E-state index in [0.717, 1.165) is 12.4 Å². The van der Waals surface area contributed by atoms with Gasteiger partial charge >= 0.3 is 0 Å². The van der Waals surface area contributed by atoms with Crippen molar-refractivity contribution in [3.63, 3.8) is 0 Å². The maximum absolute atomic E-state index is 5.12. The minimum Gasteiger partial charge on any atom is -0.378 e. The Bertz CT molecular complexity index is 53.7. The van der Waals surface area contributed by atoms with E-state index in [1.807, 2.05) is 0 Å². The molecule has 0 heterocycles. The van der Waals surface area contributed by atoms with Crippen LogP contribution in [0.1, 0.15) is 0 Å². The van der Waals surface area contributed by atoms with Crippen LogP contribution in [0.25, 0.3) is 0 Å². The van der Waals surface area contributed by atoms with E-state index in [4.69, 9.17) is 9.47 Å². The van der Waals surface area contributed by atoms with Gasteiger partial charge in [0.25, 0.3) is 0 Å². The van der Waals surface area contributed by atoms with E-state index >= 15 is 0 Å². The third-order valence-corrected chi connectivity index (χ3v) is 1.22. The quantitative estimate of drug-likeness (QED) is 0.414. The van der Waals surface area contributed by atoms with Gasteiger partial charge in [-0.1, -0.05) is 12.6 Å². The zero-order valence-electron chi connectivity index (χ0n) is 5.97. The van der Waals surface area contributed by atoms with Crippen LogP contribution in [0.5, 0.6) is 0 Å². The monoisotopic (exact) mass is 182 g/mol. The predicted molar refractivity (Wildman–Crippen MR) is 49.1 cm³/mol. The van der Waals surface area contributed by atoms with Crippen LogP contribution >= 0.6 is 12.6 Å². The van der Waals surface area contributed by atoms with Gasteiger partial charge in [0.05, 0.1) is 26.4 Å². The van der Waals surface area contributed by atoms with Crippen molar-refractivity contribution in [3.05, 3.63) is 0 Å². The number of ether oxygens (including phenoxy) is 2. The van der Waals surface area contributed by atoms with Gasteiger partial charge in [-0.3, -0.25) is 0 Å². The van der Waals surface area contributed by atoms with Crippen LogP contribution in [0, 0.1) is 0 Å². The highest BCUT2D eigenvalue weighted by Gasteiger charge is 1.88. The van der Waals surface area contributed by atoms with Crippen molar-refractivity contribution in [2.24, 2.45) is 0 Å². The molecular weight excluding hydrogens is 168 g/mol. The second-order valence-corrected chi connectivity index (χ2v) is 2.59. The third kappa shape index (κ3) is 8.62. The van der Waals surface area contributed by atoms with Gasteiger partial charge in [-0.2, -0.15) is 0 Å². The molecule has 2 nitrogen and oxygen atoms in total. The van der Waals surface area contributed by atoms with Crippen LogP contribution in [0.15, 0.2) is 0 Å². The highest BCUT2D eigenvalue weighted by atomic mass is 32.1. The summed E-state index contributed by atoms with van der Waals surface area (Å²) in [7, 11) is 0. The fourth-order valence-corrected chi connectivity index (χ4v) is 0.715. The molecule has 0 amide bonds. The number of hydrogen-bond acceptors (Lipinski definition) is 2. The number of hydrogen-bond donors (Lipinski definition) is 0. The molecule has 0 saturated carbocycles. The van der Waals surface area contributed by atoms with E-state index in [2.05, 4.69) is 25.3 Å². The van der Waals surface area contributed by atoms with Crippen molar-refractivity contribution in [3.8, 4) is 0 Å². The molecule has 0 aliphatic rings. The summed E-state index contributed by atoms with van der Waals surface area (Å²) in [6.07, 6.45) is 0. The Morgan fingerprint density at radius 1 is 1.00 bits per heavy atom. The summed E-state index contributed by atoms with van der Waals surface area (Å²) in [5.41, 5.74) is 0. The van der Waals surface area contributed by atoms with Crippen LogP contribution in [0.2, 0.25) is 0 Å². The van der Waals surface area contributed by atoms with Gasteiger partial charge in [0.1, 0.15) is 5.75 Å². The molecule has 0 aliphatic heterocycles. The minimum atomic E-state index is 0.656. The molecule has 0 rings (SSSR count). The van der Waals surface area contributed by atoms with E-state index in [-0.39, 0.29) is 0 Å². The number of rotatable bonds is 7. The molecule has 0 aromatic rings. The molecule has 0 spiro atoms. The first-order valence-electron chi connectivity index (χ1n) is 3.30. The lowest BCUT2D eigenvalue weighted by Gasteiger charge is -2.00. The van der Waals surface area contributed by atoms with Gasteiger partial charge in [0.2, 0.25) is 0 Å². The first-order chi connectivity index (χ1) is 4.91. The highest BCUT2D eigenvalue weighted by molar-refractivity contribution is 7.80. The summed E-state index contributed by atoms with van der Waals surface area (Å²) in [6.45, 7) is 2.73. The van der Waals surface area contributed by atoms with Crippen molar-refractivity contribution in [2.45, 2.75) is 0 Å². The molecule has 0 atom stereocenters. The summed E-state index contributed by atoms with van der Waals surface area (Å²) in [4.78, 5) is 0. The normalized spacial score (nSPS) is 10.2. The zero-order valence-corrected chi connectivity index (χ0v) is 7.78. The van der Waals surface area contributed by atoms with Crippen LogP contribution in [-0.2, 0) is 22.1 Å². The molecular formula is C6H14O2S2+. The van der Waals surface area contributed by atoms with Crippen LogP contribution < -0.4 is 0 Å². The molecule has 10 heavy (non-hydrogen) atoms. The first-order valence-corrected chi connectivity index (χ1v) is 4.58. The third-order valence-electron chi connectivity index (χ3n) is 0.846. The Balaban J connectivity index is 2.65. The largest absolute Gasteiger partial charge is 0.378 e. The second kappa shape index (κ2) is 9.62. The van der Waals surface area contributed by atoms with Crippen molar-refractivity contribution in [1.29, 1.82) is 0 Å². The van der Waals surface area contributed by atoms with E-state index < -0.39 is 0 Å². The van der Waals surface area contributed by atoms with E-state index in [9.17, 15) is 0 Å².